The van der Waals surface area contributed by atoms with Gasteiger partial charge in [0, 0.05) is 14.2 Å². The maximum atomic E-state index is 4.70. The quantitative estimate of drug-likeness (QED) is 0.517. The van der Waals surface area contributed by atoms with E-state index in [4.69, 9.17) is 9.47 Å². The van der Waals surface area contributed by atoms with E-state index in [1.54, 1.807) is 0 Å². The van der Waals surface area contributed by atoms with Crippen molar-refractivity contribution >= 4 is 0 Å². The minimum atomic E-state index is -1.31. The van der Waals surface area contributed by atoms with E-state index in [1.807, 2.05) is 0 Å². The lowest BCUT2D eigenvalue weighted by Crippen LogP contribution is -2.25. The predicted molar refractivity (Wildman–Crippen MR) is 26.5 cm³/mol. The molecule has 0 amide bonds. The molecular formula is C3H6N4O2. The van der Waals surface area contributed by atoms with Gasteiger partial charge in [0.15, 0.2) is 0 Å². The van der Waals surface area contributed by atoms with Crippen LogP contribution in [0.1, 0.15) is 0 Å². The summed E-state index contributed by atoms with van der Waals surface area (Å²) in [7, 11) is 2.82. The second-order valence-electron chi connectivity index (χ2n) is 1.34. The van der Waals surface area contributed by atoms with Crippen LogP contribution in [0.25, 0.3) is 0 Å². The first-order valence-electron chi connectivity index (χ1n) is 2.27. The lowest BCUT2D eigenvalue weighted by atomic mass is 10.9. The lowest BCUT2D eigenvalue weighted by Gasteiger charge is -2.12. The van der Waals surface area contributed by atoms with Crippen LogP contribution in [-0.2, 0) is 9.47 Å². The maximum Gasteiger partial charge on any atom is 0.416 e. The highest BCUT2D eigenvalue weighted by Crippen LogP contribution is 2.20. The molecular weight excluding hydrogens is 124 g/mol. The molecule has 0 bridgehead atoms. The third-order valence-electron chi connectivity index (χ3n) is 0.914. The molecule has 1 aliphatic rings. The van der Waals surface area contributed by atoms with Crippen molar-refractivity contribution in [1.29, 1.82) is 0 Å². The molecule has 1 heterocycles. The van der Waals surface area contributed by atoms with Crippen LogP contribution in [0.2, 0.25) is 0 Å². The normalized spacial score (nSPS) is 21.1. The summed E-state index contributed by atoms with van der Waals surface area (Å²) < 4.78 is 9.41. The second-order valence-corrected chi connectivity index (χ2v) is 1.34. The molecule has 0 N–H and O–H groups in total. The third kappa shape index (κ3) is 0.936. The molecule has 0 aromatic carbocycles. The predicted octanol–water partition coefficient (Wildman–Crippen LogP) is 0.724. The van der Waals surface area contributed by atoms with Crippen molar-refractivity contribution in [3.8, 4) is 0 Å². The fourth-order valence-electron chi connectivity index (χ4n) is 0.420. The molecule has 0 radical (unpaired) electrons. The summed E-state index contributed by atoms with van der Waals surface area (Å²) in [5.41, 5.74) is 0. The molecule has 0 atom stereocenters. The highest BCUT2D eigenvalue weighted by Gasteiger charge is 2.32. The van der Waals surface area contributed by atoms with Crippen LogP contribution in [0.15, 0.2) is 20.7 Å². The van der Waals surface area contributed by atoms with Crippen molar-refractivity contribution in [2.75, 3.05) is 14.2 Å². The van der Waals surface area contributed by atoms with Gasteiger partial charge < -0.3 is 9.47 Å². The molecule has 0 saturated heterocycles. The topological polar surface area (TPSA) is 67.9 Å². The molecule has 1 rings (SSSR count). The van der Waals surface area contributed by atoms with Crippen molar-refractivity contribution in [2.24, 2.45) is 20.7 Å². The van der Waals surface area contributed by atoms with Gasteiger partial charge in [0.25, 0.3) is 0 Å². The Balaban J connectivity index is 2.69. The number of hydrogen-bond donors (Lipinski definition) is 0. The molecule has 50 valence electrons. The summed E-state index contributed by atoms with van der Waals surface area (Å²) in [4.78, 5) is 0. The number of hydrogen-bond acceptors (Lipinski definition) is 6. The zero-order valence-corrected chi connectivity index (χ0v) is 5.11. The fourth-order valence-corrected chi connectivity index (χ4v) is 0.420. The van der Waals surface area contributed by atoms with Crippen LogP contribution >= 0.6 is 0 Å². The number of nitrogens with zero attached hydrogens (tertiary/aromatic N) is 4. The average Bonchev–Trinajstić information content (AvgIpc) is 2.36. The average molecular weight is 130 g/mol. The number of rotatable bonds is 2. The van der Waals surface area contributed by atoms with E-state index >= 15 is 0 Å². The molecule has 0 unspecified atom stereocenters. The monoisotopic (exact) mass is 130 g/mol. The van der Waals surface area contributed by atoms with Gasteiger partial charge in [0.05, 0.1) is 0 Å². The standard InChI is InChI=1S/C3H6N4O2/c1-8-3(9-2)4-6-7-5-3/h1-2H3. The highest BCUT2D eigenvalue weighted by atomic mass is 16.7. The van der Waals surface area contributed by atoms with Gasteiger partial charge in [-0.3, -0.25) is 0 Å². The van der Waals surface area contributed by atoms with E-state index in [2.05, 4.69) is 20.7 Å². The van der Waals surface area contributed by atoms with E-state index in [0.29, 0.717) is 0 Å². The van der Waals surface area contributed by atoms with Crippen molar-refractivity contribution in [3.05, 3.63) is 0 Å². The van der Waals surface area contributed by atoms with Gasteiger partial charge in [0.1, 0.15) is 0 Å². The van der Waals surface area contributed by atoms with Crippen molar-refractivity contribution in [1.82, 2.24) is 0 Å². The van der Waals surface area contributed by atoms with Crippen LogP contribution < -0.4 is 0 Å². The van der Waals surface area contributed by atoms with Crippen molar-refractivity contribution in [2.45, 2.75) is 6.03 Å². The summed E-state index contributed by atoms with van der Waals surface area (Å²) in [5, 5.41) is 13.3. The van der Waals surface area contributed by atoms with Gasteiger partial charge in [-0.05, 0) is 10.4 Å². The molecule has 6 nitrogen and oxygen atoms in total. The van der Waals surface area contributed by atoms with Gasteiger partial charge in [-0.1, -0.05) is 10.2 Å². The van der Waals surface area contributed by atoms with E-state index in [1.165, 1.54) is 14.2 Å². The first-order chi connectivity index (χ1) is 4.33. The largest absolute Gasteiger partial charge is 0.416 e. The molecule has 6 heteroatoms. The van der Waals surface area contributed by atoms with Gasteiger partial charge in [0.2, 0.25) is 0 Å². The summed E-state index contributed by atoms with van der Waals surface area (Å²) in [6.45, 7) is 0. The summed E-state index contributed by atoms with van der Waals surface area (Å²) in [5.74, 6) is 0. The summed E-state index contributed by atoms with van der Waals surface area (Å²) in [6.07, 6.45) is 0. The van der Waals surface area contributed by atoms with E-state index in [0.717, 1.165) is 0 Å². The minimum Gasteiger partial charge on any atom is -0.313 e. The molecule has 0 spiro atoms. The van der Waals surface area contributed by atoms with Crippen LogP contribution in [0.4, 0.5) is 0 Å². The van der Waals surface area contributed by atoms with Crippen molar-refractivity contribution in [3.63, 3.8) is 0 Å². The number of ether oxygens (including phenoxy) is 2. The van der Waals surface area contributed by atoms with Crippen LogP contribution in [-0.4, -0.2) is 20.3 Å². The van der Waals surface area contributed by atoms with Gasteiger partial charge in [-0.15, -0.1) is 0 Å². The van der Waals surface area contributed by atoms with Gasteiger partial charge in [-0.2, -0.15) is 0 Å². The third-order valence-corrected chi connectivity index (χ3v) is 0.914. The Morgan fingerprint density at radius 1 is 1.00 bits per heavy atom. The Morgan fingerprint density at radius 2 is 1.44 bits per heavy atom. The van der Waals surface area contributed by atoms with Crippen LogP contribution in [0.5, 0.6) is 0 Å². The fraction of sp³-hybridized carbons (Fsp3) is 1.00. The summed E-state index contributed by atoms with van der Waals surface area (Å²) >= 11 is 0. The molecule has 0 aromatic heterocycles. The lowest BCUT2D eigenvalue weighted by molar-refractivity contribution is -0.195. The Bertz CT molecular complexity index is 136. The molecule has 0 aromatic rings. The number of methoxy groups -OCH3 is 2. The maximum absolute atomic E-state index is 4.70. The molecule has 0 fully saturated rings. The van der Waals surface area contributed by atoms with E-state index < -0.39 is 6.03 Å². The van der Waals surface area contributed by atoms with Gasteiger partial charge >= 0.3 is 6.03 Å². The molecule has 0 saturated carbocycles. The first-order valence-corrected chi connectivity index (χ1v) is 2.27. The minimum absolute atomic E-state index is 1.31. The highest BCUT2D eigenvalue weighted by molar-refractivity contribution is 4.58. The smallest absolute Gasteiger partial charge is 0.313 e. The Kier molecular flexibility index (Phi) is 1.50. The van der Waals surface area contributed by atoms with Crippen LogP contribution in [0, 0.1) is 0 Å². The zero-order valence-electron chi connectivity index (χ0n) is 5.11. The second kappa shape index (κ2) is 2.16. The van der Waals surface area contributed by atoms with Crippen molar-refractivity contribution < 1.29 is 9.47 Å². The SMILES string of the molecule is COC1(OC)N=NN=N1. The summed E-state index contributed by atoms with van der Waals surface area (Å²) in [6, 6.07) is -1.31. The van der Waals surface area contributed by atoms with Gasteiger partial charge in [-0.25, -0.2) is 0 Å². The molecule has 9 heavy (non-hydrogen) atoms. The molecule has 1 aliphatic heterocycles. The Labute approximate surface area is 51.6 Å². The van der Waals surface area contributed by atoms with E-state index in [9.17, 15) is 0 Å². The zero-order chi connectivity index (χ0) is 6.74. The van der Waals surface area contributed by atoms with E-state index in [-0.39, 0.29) is 0 Å². The van der Waals surface area contributed by atoms with Crippen LogP contribution in [0.3, 0.4) is 0 Å². The Morgan fingerprint density at radius 3 is 1.67 bits per heavy atom. The first kappa shape index (κ1) is 6.24. The Hall–Kier alpha value is -0.880. The molecule has 0 aliphatic carbocycles.